The Kier molecular flexibility index (Phi) is 5.50. The second-order valence-corrected chi connectivity index (χ2v) is 5.86. The quantitative estimate of drug-likeness (QED) is 0.686. The molecule has 1 aromatic rings. The molecule has 0 aromatic heterocycles. The second kappa shape index (κ2) is 7.36. The molecular formula is C15H20N2O3S. The van der Waals surface area contributed by atoms with E-state index in [0.29, 0.717) is 19.5 Å². The maximum absolute atomic E-state index is 12.3. The monoisotopic (exact) mass is 308 g/mol. The zero-order valence-electron chi connectivity index (χ0n) is 12.3. The average molecular weight is 308 g/mol. The third kappa shape index (κ3) is 4.14. The molecule has 5 nitrogen and oxygen atoms in total. The number of hydrogen-bond donors (Lipinski definition) is 1. The Balaban J connectivity index is 1.91. The van der Waals surface area contributed by atoms with Gasteiger partial charge in [0.1, 0.15) is 0 Å². The fourth-order valence-corrected chi connectivity index (χ4v) is 3.00. The van der Waals surface area contributed by atoms with Gasteiger partial charge in [-0.2, -0.15) is 0 Å². The molecule has 0 bridgehead atoms. The van der Waals surface area contributed by atoms with Crippen molar-refractivity contribution in [2.45, 2.75) is 17.7 Å². The fourth-order valence-electron chi connectivity index (χ4n) is 2.44. The van der Waals surface area contributed by atoms with Gasteiger partial charge >= 0.3 is 12.0 Å². The summed E-state index contributed by atoms with van der Waals surface area (Å²) in [7, 11) is 1.39. The number of methoxy groups -OCH3 is 1. The highest BCUT2D eigenvalue weighted by molar-refractivity contribution is 7.98. The highest BCUT2D eigenvalue weighted by atomic mass is 32.2. The van der Waals surface area contributed by atoms with Gasteiger partial charge in [0.25, 0.3) is 0 Å². The lowest BCUT2D eigenvalue weighted by molar-refractivity contribution is -0.141. The summed E-state index contributed by atoms with van der Waals surface area (Å²) in [5.41, 5.74) is 0.825. The summed E-state index contributed by atoms with van der Waals surface area (Å²) in [5.74, 6) is -0.0195. The van der Waals surface area contributed by atoms with E-state index in [9.17, 15) is 9.59 Å². The van der Waals surface area contributed by atoms with Crippen molar-refractivity contribution in [1.29, 1.82) is 0 Å². The van der Waals surface area contributed by atoms with Crippen LogP contribution in [0.3, 0.4) is 0 Å². The molecule has 1 aliphatic rings. The molecule has 1 unspecified atom stereocenters. The molecule has 2 amide bonds. The van der Waals surface area contributed by atoms with Gasteiger partial charge in [0, 0.05) is 18.0 Å². The highest BCUT2D eigenvalue weighted by Gasteiger charge is 2.28. The summed E-state index contributed by atoms with van der Waals surface area (Å²) in [5, 5.41) is 2.94. The number of para-hydroxylation sites is 1. The number of esters is 1. The Morgan fingerprint density at radius 3 is 2.90 bits per heavy atom. The largest absolute Gasteiger partial charge is 0.469 e. The molecule has 114 valence electrons. The van der Waals surface area contributed by atoms with Crippen LogP contribution in [0.15, 0.2) is 29.2 Å². The standard InChI is InChI=1S/C15H20N2O3S/c1-20-14(18)9-11-7-8-17(10-11)15(19)16-12-5-3-4-6-13(12)21-2/h3-6,11H,7-10H2,1-2H3,(H,16,19). The summed E-state index contributed by atoms with van der Waals surface area (Å²) >= 11 is 1.60. The van der Waals surface area contributed by atoms with E-state index in [1.807, 2.05) is 30.5 Å². The molecule has 1 N–H and O–H groups in total. The smallest absolute Gasteiger partial charge is 0.321 e. The second-order valence-electron chi connectivity index (χ2n) is 5.01. The number of anilines is 1. The van der Waals surface area contributed by atoms with Crippen LogP contribution in [0.4, 0.5) is 10.5 Å². The summed E-state index contributed by atoms with van der Waals surface area (Å²) in [6, 6.07) is 7.61. The Labute approximate surface area is 129 Å². The molecule has 0 radical (unpaired) electrons. The van der Waals surface area contributed by atoms with Gasteiger partial charge in [-0.3, -0.25) is 4.79 Å². The van der Waals surface area contributed by atoms with Gasteiger partial charge in [0.2, 0.25) is 0 Å². The molecule has 1 aliphatic heterocycles. The Bertz CT molecular complexity index is 521. The van der Waals surface area contributed by atoms with Crippen LogP contribution in [0.25, 0.3) is 0 Å². The molecule has 0 aliphatic carbocycles. The third-order valence-corrected chi connectivity index (χ3v) is 4.40. The number of urea groups is 1. The van der Waals surface area contributed by atoms with Crippen LogP contribution in [0.5, 0.6) is 0 Å². The topological polar surface area (TPSA) is 58.6 Å². The number of ether oxygens (including phenoxy) is 1. The zero-order valence-corrected chi connectivity index (χ0v) is 13.1. The number of likely N-dealkylation sites (tertiary alicyclic amines) is 1. The molecule has 0 spiro atoms. The molecule has 1 fully saturated rings. The number of carbonyl (C=O) groups excluding carboxylic acids is 2. The maximum Gasteiger partial charge on any atom is 0.321 e. The zero-order chi connectivity index (χ0) is 15.2. The molecule has 1 atom stereocenters. The minimum absolute atomic E-state index is 0.108. The van der Waals surface area contributed by atoms with Crippen molar-refractivity contribution < 1.29 is 14.3 Å². The van der Waals surface area contributed by atoms with Crippen molar-refractivity contribution in [3.8, 4) is 0 Å². The van der Waals surface area contributed by atoms with Crippen molar-refractivity contribution in [3.05, 3.63) is 24.3 Å². The molecule has 1 saturated heterocycles. The van der Waals surface area contributed by atoms with Crippen LogP contribution in [-0.4, -0.2) is 43.4 Å². The van der Waals surface area contributed by atoms with Gasteiger partial charge in [-0.15, -0.1) is 11.8 Å². The SMILES string of the molecule is COC(=O)CC1CCN(C(=O)Nc2ccccc2SC)C1. The van der Waals surface area contributed by atoms with E-state index in [1.165, 1.54) is 7.11 Å². The minimum Gasteiger partial charge on any atom is -0.469 e. The number of hydrogen-bond acceptors (Lipinski definition) is 4. The Morgan fingerprint density at radius 1 is 1.43 bits per heavy atom. The summed E-state index contributed by atoms with van der Waals surface area (Å²) in [6.07, 6.45) is 3.20. The predicted molar refractivity (Wildman–Crippen MR) is 83.6 cm³/mol. The number of nitrogens with one attached hydrogen (secondary N) is 1. The van der Waals surface area contributed by atoms with Gasteiger partial charge in [-0.05, 0) is 30.7 Å². The van der Waals surface area contributed by atoms with Crippen molar-refractivity contribution in [1.82, 2.24) is 4.90 Å². The van der Waals surface area contributed by atoms with E-state index < -0.39 is 0 Å². The molecule has 0 saturated carbocycles. The Morgan fingerprint density at radius 2 is 2.19 bits per heavy atom. The van der Waals surface area contributed by atoms with Crippen LogP contribution >= 0.6 is 11.8 Å². The first-order valence-corrected chi connectivity index (χ1v) is 8.12. The molecule has 6 heteroatoms. The molecule has 1 aromatic carbocycles. The van der Waals surface area contributed by atoms with Crippen molar-refractivity contribution in [2.24, 2.45) is 5.92 Å². The van der Waals surface area contributed by atoms with Gasteiger partial charge in [0.05, 0.1) is 19.2 Å². The van der Waals surface area contributed by atoms with Crippen molar-refractivity contribution >= 4 is 29.4 Å². The van der Waals surface area contributed by atoms with E-state index in [4.69, 9.17) is 0 Å². The van der Waals surface area contributed by atoms with Crippen molar-refractivity contribution in [2.75, 3.05) is 31.8 Å². The number of carbonyl (C=O) groups is 2. The Hall–Kier alpha value is -1.69. The lowest BCUT2D eigenvalue weighted by Gasteiger charge is -2.18. The lowest BCUT2D eigenvalue weighted by Crippen LogP contribution is -2.33. The van der Waals surface area contributed by atoms with E-state index in [-0.39, 0.29) is 17.9 Å². The molecule has 1 heterocycles. The fraction of sp³-hybridized carbons (Fsp3) is 0.467. The highest BCUT2D eigenvalue weighted by Crippen LogP contribution is 2.26. The summed E-state index contributed by atoms with van der Waals surface area (Å²) in [6.45, 7) is 1.28. The van der Waals surface area contributed by atoms with Crippen LogP contribution in [0.1, 0.15) is 12.8 Å². The number of rotatable bonds is 4. The number of benzene rings is 1. The summed E-state index contributed by atoms with van der Waals surface area (Å²) < 4.78 is 4.67. The number of thioether (sulfide) groups is 1. The first-order valence-electron chi connectivity index (χ1n) is 6.89. The van der Waals surface area contributed by atoms with Crippen molar-refractivity contribution in [3.63, 3.8) is 0 Å². The van der Waals surface area contributed by atoms with E-state index in [0.717, 1.165) is 17.0 Å². The van der Waals surface area contributed by atoms with Gasteiger partial charge < -0.3 is 15.0 Å². The first kappa shape index (κ1) is 15.7. The van der Waals surface area contributed by atoms with Crippen LogP contribution < -0.4 is 5.32 Å². The number of amides is 2. The average Bonchev–Trinajstić information content (AvgIpc) is 2.96. The lowest BCUT2D eigenvalue weighted by atomic mass is 10.1. The third-order valence-electron chi connectivity index (χ3n) is 3.60. The predicted octanol–water partition coefficient (Wildman–Crippen LogP) is 2.83. The summed E-state index contributed by atoms with van der Waals surface area (Å²) in [4.78, 5) is 26.3. The van der Waals surface area contributed by atoms with Crippen LogP contribution in [-0.2, 0) is 9.53 Å². The molecular weight excluding hydrogens is 288 g/mol. The van der Waals surface area contributed by atoms with Crippen LogP contribution in [0, 0.1) is 5.92 Å². The maximum atomic E-state index is 12.3. The van der Waals surface area contributed by atoms with E-state index in [1.54, 1.807) is 16.7 Å². The molecule has 2 rings (SSSR count). The van der Waals surface area contributed by atoms with Gasteiger partial charge in [-0.1, -0.05) is 12.1 Å². The van der Waals surface area contributed by atoms with E-state index >= 15 is 0 Å². The first-order chi connectivity index (χ1) is 10.1. The van der Waals surface area contributed by atoms with Gasteiger partial charge in [-0.25, -0.2) is 4.79 Å². The van der Waals surface area contributed by atoms with E-state index in [2.05, 4.69) is 10.1 Å². The number of nitrogens with zero attached hydrogens (tertiary/aromatic N) is 1. The minimum atomic E-state index is -0.213. The van der Waals surface area contributed by atoms with Crippen LogP contribution in [0.2, 0.25) is 0 Å². The van der Waals surface area contributed by atoms with Gasteiger partial charge in [0.15, 0.2) is 0 Å². The normalized spacial score (nSPS) is 17.6. The molecule has 21 heavy (non-hydrogen) atoms.